The maximum absolute atomic E-state index is 13.3. The van der Waals surface area contributed by atoms with Crippen molar-refractivity contribution in [2.75, 3.05) is 19.6 Å². The lowest BCUT2D eigenvalue weighted by Crippen LogP contribution is -2.47. The summed E-state index contributed by atoms with van der Waals surface area (Å²) >= 11 is 0. The molecule has 3 heterocycles. The maximum atomic E-state index is 13.3. The van der Waals surface area contributed by atoms with Crippen molar-refractivity contribution in [1.82, 2.24) is 15.2 Å². The topological polar surface area (TPSA) is 71.5 Å². The van der Waals surface area contributed by atoms with Gasteiger partial charge in [-0.25, -0.2) is 4.39 Å². The quantitative estimate of drug-likeness (QED) is 0.594. The van der Waals surface area contributed by atoms with E-state index in [1.165, 1.54) is 12.1 Å². The van der Waals surface area contributed by atoms with Gasteiger partial charge in [-0.05, 0) is 73.2 Å². The number of nitrogens with zero attached hydrogens (tertiary/aromatic N) is 2. The number of pyridine rings is 1. The zero-order chi connectivity index (χ0) is 24.3. The molecule has 0 bridgehead atoms. The molecule has 180 valence electrons. The van der Waals surface area contributed by atoms with E-state index in [0.29, 0.717) is 30.9 Å². The third-order valence-electron chi connectivity index (χ3n) is 6.98. The van der Waals surface area contributed by atoms with Crippen molar-refractivity contribution in [2.45, 2.75) is 37.4 Å². The number of hydrogen-bond donors (Lipinski definition) is 1. The summed E-state index contributed by atoms with van der Waals surface area (Å²) in [5.74, 6) is -0.477. The first-order valence-corrected chi connectivity index (χ1v) is 12.0. The Balaban J connectivity index is 1.15. The highest BCUT2D eigenvalue weighted by molar-refractivity contribution is 5.95. The third-order valence-corrected chi connectivity index (χ3v) is 6.98. The van der Waals surface area contributed by atoms with Gasteiger partial charge in [0.1, 0.15) is 11.5 Å². The largest absolute Gasteiger partial charge is 0.370 e. The standard InChI is InChI=1S/C28H28FN3O3/c29-23-9-7-20(8-10-23)21-4-3-5-22(18-21)27(34)32-16-13-28(14-17-32)12-11-24(35-28)19-31-26(33)25-6-1-2-15-30-25/h1-10,15,18,24H,11-14,16-17,19H2,(H,31,33)/t24-/m1/s1. The summed E-state index contributed by atoms with van der Waals surface area (Å²) in [6, 6.07) is 19.0. The van der Waals surface area contributed by atoms with E-state index in [2.05, 4.69) is 10.3 Å². The summed E-state index contributed by atoms with van der Waals surface area (Å²) in [6.45, 7) is 1.72. The number of carbonyl (C=O) groups is 2. The number of rotatable bonds is 5. The summed E-state index contributed by atoms with van der Waals surface area (Å²) in [4.78, 5) is 31.4. The van der Waals surface area contributed by atoms with Crippen molar-refractivity contribution in [3.63, 3.8) is 0 Å². The van der Waals surface area contributed by atoms with Crippen molar-refractivity contribution in [3.05, 3.63) is 90.0 Å². The van der Waals surface area contributed by atoms with Crippen LogP contribution >= 0.6 is 0 Å². The number of amides is 2. The van der Waals surface area contributed by atoms with Gasteiger partial charge in [0.15, 0.2) is 0 Å². The second-order valence-corrected chi connectivity index (χ2v) is 9.27. The zero-order valence-corrected chi connectivity index (χ0v) is 19.5. The van der Waals surface area contributed by atoms with E-state index in [1.807, 2.05) is 29.2 Å². The van der Waals surface area contributed by atoms with E-state index in [0.717, 1.165) is 36.8 Å². The first kappa shape index (κ1) is 23.2. The Kier molecular flexibility index (Phi) is 6.59. The second-order valence-electron chi connectivity index (χ2n) is 9.27. The number of carbonyl (C=O) groups excluding carboxylic acids is 2. The van der Waals surface area contributed by atoms with Gasteiger partial charge >= 0.3 is 0 Å². The van der Waals surface area contributed by atoms with Gasteiger partial charge in [-0.3, -0.25) is 14.6 Å². The highest BCUT2D eigenvalue weighted by Gasteiger charge is 2.43. The van der Waals surface area contributed by atoms with E-state index in [-0.39, 0.29) is 29.3 Å². The minimum absolute atomic E-state index is 0.000910. The van der Waals surface area contributed by atoms with Crippen LogP contribution in [0.25, 0.3) is 11.1 Å². The number of piperidine rings is 1. The number of aromatic nitrogens is 1. The lowest BCUT2D eigenvalue weighted by Gasteiger charge is -2.39. The van der Waals surface area contributed by atoms with Crippen molar-refractivity contribution in [2.24, 2.45) is 0 Å². The van der Waals surface area contributed by atoms with E-state index < -0.39 is 0 Å². The van der Waals surface area contributed by atoms with Crippen LogP contribution in [0.1, 0.15) is 46.5 Å². The first-order chi connectivity index (χ1) is 17.0. The van der Waals surface area contributed by atoms with Crippen LogP contribution in [0.3, 0.4) is 0 Å². The summed E-state index contributed by atoms with van der Waals surface area (Å²) in [7, 11) is 0. The number of likely N-dealkylation sites (tertiary alicyclic amines) is 1. The van der Waals surface area contributed by atoms with Crippen LogP contribution < -0.4 is 5.32 Å². The van der Waals surface area contributed by atoms with Gasteiger partial charge < -0.3 is 15.0 Å². The number of benzene rings is 2. The van der Waals surface area contributed by atoms with Crippen LogP contribution in [0.2, 0.25) is 0 Å². The Labute approximate surface area is 204 Å². The van der Waals surface area contributed by atoms with Crippen molar-refractivity contribution < 1.29 is 18.7 Å². The van der Waals surface area contributed by atoms with Crippen LogP contribution in [0, 0.1) is 5.82 Å². The van der Waals surface area contributed by atoms with Gasteiger partial charge in [-0.1, -0.05) is 30.3 Å². The van der Waals surface area contributed by atoms with Crippen molar-refractivity contribution >= 4 is 11.8 Å². The van der Waals surface area contributed by atoms with Gasteiger partial charge in [-0.15, -0.1) is 0 Å². The minimum atomic E-state index is -0.282. The molecule has 1 spiro atoms. The zero-order valence-electron chi connectivity index (χ0n) is 19.5. The molecule has 7 heteroatoms. The summed E-state index contributed by atoms with van der Waals surface area (Å²) in [6.07, 6.45) is 4.94. The Bertz CT molecular complexity index is 1190. The molecule has 1 aromatic heterocycles. The normalized spacial score (nSPS) is 19.0. The Morgan fingerprint density at radius 3 is 2.54 bits per heavy atom. The molecule has 0 radical (unpaired) electrons. The highest BCUT2D eigenvalue weighted by atomic mass is 19.1. The second kappa shape index (κ2) is 9.96. The number of nitrogens with one attached hydrogen (secondary N) is 1. The first-order valence-electron chi connectivity index (χ1n) is 12.0. The molecule has 2 aliphatic rings. The Hall–Kier alpha value is -3.58. The van der Waals surface area contributed by atoms with E-state index in [1.54, 1.807) is 36.5 Å². The molecule has 0 saturated carbocycles. The summed E-state index contributed by atoms with van der Waals surface area (Å²) in [5, 5.41) is 2.92. The highest BCUT2D eigenvalue weighted by Crippen LogP contribution is 2.39. The minimum Gasteiger partial charge on any atom is -0.370 e. The van der Waals surface area contributed by atoms with Crippen molar-refractivity contribution in [3.8, 4) is 11.1 Å². The van der Waals surface area contributed by atoms with Crippen LogP contribution in [-0.4, -0.2) is 53.0 Å². The van der Waals surface area contributed by atoms with E-state index >= 15 is 0 Å². The molecule has 2 aromatic carbocycles. The number of hydrogen-bond acceptors (Lipinski definition) is 4. The lowest BCUT2D eigenvalue weighted by atomic mass is 9.88. The number of ether oxygens (including phenoxy) is 1. The van der Waals surface area contributed by atoms with Gasteiger partial charge in [0.2, 0.25) is 0 Å². The van der Waals surface area contributed by atoms with Crippen molar-refractivity contribution in [1.29, 1.82) is 0 Å². The molecule has 0 aliphatic carbocycles. The van der Waals surface area contributed by atoms with Gasteiger partial charge in [0, 0.05) is 31.4 Å². The van der Waals surface area contributed by atoms with Gasteiger partial charge in [-0.2, -0.15) is 0 Å². The predicted octanol–water partition coefficient (Wildman–Crippen LogP) is 4.47. The molecule has 2 amide bonds. The SMILES string of the molecule is O=C(NC[C@H]1CCC2(CCN(C(=O)c3cccc(-c4ccc(F)cc4)c3)CC2)O1)c1ccccn1. The molecule has 2 fully saturated rings. The molecule has 2 saturated heterocycles. The molecule has 35 heavy (non-hydrogen) atoms. The molecule has 1 N–H and O–H groups in total. The molecule has 6 nitrogen and oxygen atoms in total. The molecular weight excluding hydrogens is 445 g/mol. The smallest absolute Gasteiger partial charge is 0.269 e. The van der Waals surface area contributed by atoms with Crippen LogP contribution in [0.15, 0.2) is 72.9 Å². The number of halogens is 1. The summed E-state index contributed by atoms with van der Waals surface area (Å²) < 4.78 is 19.7. The molecule has 1 atom stereocenters. The fourth-order valence-corrected chi connectivity index (χ4v) is 4.98. The molecule has 3 aromatic rings. The molecule has 5 rings (SSSR count). The summed E-state index contributed by atoms with van der Waals surface area (Å²) in [5.41, 5.74) is 2.56. The van der Waals surface area contributed by atoms with E-state index in [4.69, 9.17) is 4.74 Å². The lowest BCUT2D eigenvalue weighted by molar-refractivity contribution is -0.0712. The third kappa shape index (κ3) is 5.25. The molecule has 2 aliphatic heterocycles. The van der Waals surface area contributed by atoms with Gasteiger partial charge in [0.25, 0.3) is 11.8 Å². The van der Waals surface area contributed by atoms with Crippen LogP contribution in [-0.2, 0) is 4.74 Å². The van der Waals surface area contributed by atoms with Crippen LogP contribution in [0.5, 0.6) is 0 Å². The van der Waals surface area contributed by atoms with E-state index in [9.17, 15) is 14.0 Å². The fourth-order valence-electron chi connectivity index (χ4n) is 4.98. The molecular formula is C28H28FN3O3. The maximum Gasteiger partial charge on any atom is 0.269 e. The molecule has 0 unspecified atom stereocenters. The van der Waals surface area contributed by atoms with Gasteiger partial charge in [0.05, 0.1) is 11.7 Å². The Morgan fingerprint density at radius 2 is 1.80 bits per heavy atom. The average Bonchev–Trinajstić information content (AvgIpc) is 3.30. The fraction of sp³-hybridized carbons (Fsp3) is 0.321. The predicted molar refractivity (Wildman–Crippen MR) is 130 cm³/mol. The monoisotopic (exact) mass is 473 g/mol. The Morgan fingerprint density at radius 1 is 1.00 bits per heavy atom. The van der Waals surface area contributed by atoms with Crippen LogP contribution in [0.4, 0.5) is 4.39 Å². The average molecular weight is 474 g/mol.